The van der Waals surface area contributed by atoms with Crippen molar-refractivity contribution in [3.8, 4) is 0 Å². The van der Waals surface area contributed by atoms with E-state index in [1.165, 1.54) is 32.1 Å². The smallest absolute Gasteiger partial charge is 0.224 e. The van der Waals surface area contributed by atoms with Crippen LogP contribution in [0.25, 0.3) is 0 Å². The van der Waals surface area contributed by atoms with E-state index >= 15 is 0 Å². The van der Waals surface area contributed by atoms with Crippen LogP contribution in [0.15, 0.2) is 0 Å². The molecule has 1 aliphatic carbocycles. The van der Waals surface area contributed by atoms with Crippen molar-refractivity contribution in [2.45, 2.75) is 44.6 Å². The lowest BCUT2D eigenvalue weighted by Gasteiger charge is -2.19. The minimum atomic E-state index is 0.397. The van der Waals surface area contributed by atoms with Gasteiger partial charge in [-0.2, -0.15) is 0 Å². The third-order valence-corrected chi connectivity index (χ3v) is 4.66. The molecule has 2 heterocycles. The number of nitrogens with one attached hydrogen (secondary N) is 1. The Morgan fingerprint density at radius 1 is 1.12 bits per heavy atom. The number of carbonyl (C=O) groups excluding carboxylic acids is 1. The summed E-state index contributed by atoms with van der Waals surface area (Å²) in [5, 5.41) is 3.41. The topological polar surface area (TPSA) is 32.3 Å². The number of fused-ring (bicyclic) bond motifs is 1. The zero-order valence-corrected chi connectivity index (χ0v) is 9.95. The van der Waals surface area contributed by atoms with Crippen molar-refractivity contribution in [2.75, 3.05) is 19.6 Å². The quantitative estimate of drug-likeness (QED) is 0.765. The Balaban J connectivity index is 1.51. The van der Waals surface area contributed by atoms with E-state index in [2.05, 4.69) is 10.2 Å². The van der Waals surface area contributed by atoms with Gasteiger partial charge in [0.25, 0.3) is 0 Å². The molecule has 90 valence electrons. The van der Waals surface area contributed by atoms with E-state index in [-0.39, 0.29) is 0 Å². The van der Waals surface area contributed by atoms with Crippen molar-refractivity contribution in [2.24, 2.45) is 11.8 Å². The number of likely N-dealkylation sites (tertiary alicyclic amines) is 1. The van der Waals surface area contributed by atoms with Crippen molar-refractivity contribution in [1.82, 2.24) is 10.2 Å². The van der Waals surface area contributed by atoms with Gasteiger partial charge in [0.1, 0.15) is 0 Å². The molecule has 1 N–H and O–H groups in total. The predicted octanol–water partition coefficient (Wildman–Crippen LogP) is 1.39. The Hall–Kier alpha value is -0.570. The van der Waals surface area contributed by atoms with Gasteiger partial charge in [0.2, 0.25) is 5.91 Å². The van der Waals surface area contributed by atoms with Crippen LogP contribution >= 0.6 is 0 Å². The molecule has 0 aromatic rings. The molecule has 3 rings (SSSR count). The second kappa shape index (κ2) is 4.36. The maximum atomic E-state index is 12.1. The third-order valence-electron chi connectivity index (χ3n) is 4.66. The maximum absolute atomic E-state index is 12.1. The molecule has 3 unspecified atom stereocenters. The normalized spacial score (nSPS) is 38.0. The van der Waals surface area contributed by atoms with Crippen molar-refractivity contribution in [3.63, 3.8) is 0 Å². The molecule has 2 saturated heterocycles. The SMILES string of the molecule is O=C(CC1CCCN1)N1CC2CCCC2C1. The summed E-state index contributed by atoms with van der Waals surface area (Å²) in [6.45, 7) is 3.20. The van der Waals surface area contributed by atoms with Gasteiger partial charge in [-0.25, -0.2) is 0 Å². The Morgan fingerprint density at radius 3 is 2.50 bits per heavy atom. The summed E-state index contributed by atoms with van der Waals surface area (Å²) in [6, 6.07) is 0.466. The van der Waals surface area contributed by atoms with Crippen LogP contribution in [0.3, 0.4) is 0 Å². The number of rotatable bonds is 2. The lowest BCUT2D eigenvalue weighted by molar-refractivity contribution is -0.130. The van der Waals surface area contributed by atoms with Crippen LogP contribution in [0.5, 0.6) is 0 Å². The van der Waals surface area contributed by atoms with Crippen LogP contribution in [0.4, 0.5) is 0 Å². The highest BCUT2D eigenvalue weighted by molar-refractivity contribution is 5.77. The van der Waals surface area contributed by atoms with Gasteiger partial charge in [-0.15, -0.1) is 0 Å². The van der Waals surface area contributed by atoms with E-state index in [4.69, 9.17) is 0 Å². The summed E-state index contributed by atoms with van der Waals surface area (Å²) < 4.78 is 0. The summed E-state index contributed by atoms with van der Waals surface area (Å²) in [5.74, 6) is 2.06. The van der Waals surface area contributed by atoms with Crippen LogP contribution in [0, 0.1) is 11.8 Å². The fraction of sp³-hybridized carbons (Fsp3) is 0.923. The molecule has 2 aliphatic heterocycles. The summed E-state index contributed by atoms with van der Waals surface area (Å²) >= 11 is 0. The molecule has 1 saturated carbocycles. The molecule has 3 aliphatic rings. The lowest BCUT2D eigenvalue weighted by atomic mass is 10.0. The van der Waals surface area contributed by atoms with Gasteiger partial charge in [-0.1, -0.05) is 6.42 Å². The maximum Gasteiger partial charge on any atom is 0.224 e. The number of amides is 1. The molecule has 3 nitrogen and oxygen atoms in total. The number of carbonyl (C=O) groups is 1. The molecule has 0 spiro atoms. The average molecular weight is 222 g/mol. The van der Waals surface area contributed by atoms with Crippen LogP contribution in [0.1, 0.15) is 38.5 Å². The van der Waals surface area contributed by atoms with Crippen LogP contribution in [0.2, 0.25) is 0 Å². The van der Waals surface area contributed by atoms with Gasteiger partial charge < -0.3 is 10.2 Å². The zero-order valence-electron chi connectivity index (χ0n) is 9.95. The van der Waals surface area contributed by atoms with Gasteiger partial charge >= 0.3 is 0 Å². The molecule has 0 aromatic heterocycles. The summed E-state index contributed by atoms with van der Waals surface area (Å²) in [4.78, 5) is 14.3. The Bertz CT molecular complexity index is 261. The molecular formula is C13H22N2O. The number of hydrogen-bond acceptors (Lipinski definition) is 2. The molecule has 3 fully saturated rings. The fourth-order valence-electron chi connectivity index (χ4n) is 3.71. The van der Waals surface area contributed by atoms with Crippen LogP contribution in [-0.4, -0.2) is 36.5 Å². The number of nitrogens with zero attached hydrogens (tertiary/aromatic N) is 1. The fourth-order valence-corrected chi connectivity index (χ4v) is 3.71. The van der Waals surface area contributed by atoms with Crippen LogP contribution in [-0.2, 0) is 4.79 Å². The van der Waals surface area contributed by atoms with E-state index in [9.17, 15) is 4.79 Å². The van der Waals surface area contributed by atoms with E-state index in [1.54, 1.807) is 0 Å². The standard InChI is InChI=1S/C13H22N2O/c16-13(7-12-5-2-6-14-12)15-8-10-3-1-4-11(10)9-15/h10-12,14H,1-9H2. The van der Waals surface area contributed by atoms with E-state index in [1.807, 2.05) is 0 Å². The van der Waals surface area contributed by atoms with Gasteiger partial charge in [0, 0.05) is 25.6 Å². The molecule has 0 aromatic carbocycles. The summed E-state index contributed by atoms with van der Waals surface area (Å²) in [7, 11) is 0. The van der Waals surface area contributed by atoms with E-state index in [0.29, 0.717) is 11.9 Å². The lowest BCUT2D eigenvalue weighted by Crippen LogP contribution is -2.35. The highest BCUT2D eigenvalue weighted by Crippen LogP contribution is 2.37. The number of hydrogen-bond donors (Lipinski definition) is 1. The van der Waals surface area contributed by atoms with Crippen molar-refractivity contribution in [1.29, 1.82) is 0 Å². The highest BCUT2D eigenvalue weighted by atomic mass is 16.2. The molecule has 0 bridgehead atoms. The molecular weight excluding hydrogens is 200 g/mol. The molecule has 16 heavy (non-hydrogen) atoms. The summed E-state index contributed by atoms with van der Waals surface area (Å²) in [5.41, 5.74) is 0. The van der Waals surface area contributed by atoms with Crippen molar-refractivity contribution >= 4 is 5.91 Å². The highest BCUT2D eigenvalue weighted by Gasteiger charge is 2.38. The third kappa shape index (κ3) is 1.97. The Morgan fingerprint density at radius 2 is 1.88 bits per heavy atom. The molecule has 3 atom stereocenters. The monoisotopic (exact) mass is 222 g/mol. The second-order valence-corrected chi connectivity index (χ2v) is 5.75. The van der Waals surface area contributed by atoms with Gasteiger partial charge in [-0.05, 0) is 44.1 Å². The van der Waals surface area contributed by atoms with Gasteiger partial charge in [0.05, 0.1) is 0 Å². The first kappa shape index (κ1) is 10.6. The first-order valence-electron chi connectivity index (χ1n) is 6.84. The molecule has 3 heteroatoms. The largest absolute Gasteiger partial charge is 0.342 e. The zero-order chi connectivity index (χ0) is 11.0. The first-order valence-corrected chi connectivity index (χ1v) is 6.84. The minimum Gasteiger partial charge on any atom is -0.342 e. The Kier molecular flexibility index (Phi) is 2.88. The average Bonchev–Trinajstić information content (AvgIpc) is 2.91. The first-order chi connectivity index (χ1) is 7.83. The molecule has 0 radical (unpaired) electrons. The second-order valence-electron chi connectivity index (χ2n) is 5.75. The van der Waals surface area contributed by atoms with E-state index in [0.717, 1.165) is 37.9 Å². The van der Waals surface area contributed by atoms with Crippen molar-refractivity contribution in [3.05, 3.63) is 0 Å². The van der Waals surface area contributed by atoms with E-state index < -0.39 is 0 Å². The van der Waals surface area contributed by atoms with Gasteiger partial charge in [-0.3, -0.25) is 4.79 Å². The minimum absolute atomic E-state index is 0.397. The van der Waals surface area contributed by atoms with Gasteiger partial charge in [0.15, 0.2) is 0 Å². The Labute approximate surface area is 97.6 Å². The molecule has 1 amide bonds. The summed E-state index contributed by atoms with van der Waals surface area (Å²) in [6.07, 6.45) is 7.27. The predicted molar refractivity (Wildman–Crippen MR) is 63.1 cm³/mol. The van der Waals surface area contributed by atoms with Crippen molar-refractivity contribution < 1.29 is 4.79 Å². The van der Waals surface area contributed by atoms with Crippen LogP contribution < -0.4 is 5.32 Å².